The minimum atomic E-state index is -0.599. The molecule has 1 unspecified atom stereocenters. The van der Waals surface area contributed by atoms with Gasteiger partial charge in [0.15, 0.2) is 0 Å². The lowest BCUT2D eigenvalue weighted by molar-refractivity contribution is 0.204. The number of hydrogen-bond donors (Lipinski definition) is 2. The molecule has 2 rings (SSSR count). The van der Waals surface area contributed by atoms with E-state index in [0.29, 0.717) is 13.1 Å². The number of rotatable bonds is 7. The molecule has 0 spiro atoms. The third-order valence-electron chi connectivity index (χ3n) is 4.42. The van der Waals surface area contributed by atoms with E-state index in [1.165, 1.54) is 5.56 Å². The Labute approximate surface area is 150 Å². The number of ether oxygens (including phenoxy) is 1. The summed E-state index contributed by atoms with van der Waals surface area (Å²) < 4.78 is 5.32. The molecule has 1 aliphatic heterocycles. The Bertz CT molecular complexity index is 671. The van der Waals surface area contributed by atoms with E-state index in [0.717, 1.165) is 23.6 Å². The zero-order valence-electron chi connectivity index (χ0n) is 15.6. The predicted octanol–water partition coefficient (Wildman–Crippen LogP) is 1.90. The number of methoxy groups -OCH3 is 1. The molecule has 0 aliphatic carbocycles. The second kappa shape index (κ2) is 7.61. The normalized spacial score (nSPS) is 15.6. The van der Waals surface area contributed by atoms with Crippen molar-refractivity contribution in [3.8, 4) is 5.75 Å². The molecular formula is C19H28N4O2. The fourth-order valence-electron chi connectivity index (χ4n) is 3.23. The number of fused-ring (bicyclic) bond motifs is 1. The molecular weight excluding hydrogens is 316 g/mol. The van der Waals surface area contributed by atoms with Gasteiger partial charge in [-0.15, -0.1) is 6.58 Å². The van der Waals surface area contributed by atoms with Gasteiger partial charge in [0.2, 0.25) is 0 Å². The van der Waals surface area contributed by atoms with Crippen LogP contribution in [-0.2, 0) is 6.54 Å². The summed E-state index contributed by atoms with van der Waals surface area (Å²) in [5.74, 6) is 0.833. The van der Waals surface area contributed by atoms with Crippen LogP contribution in [0.15, 0.2) is 37.4 Å². The molecule has 0 radical (unpaired) electrons. The molecule has 1 aliphatic rings. The van der Waals surface area contributed by atoms with Crippen LogP contribution in [0.1, 0.15) is 11.1 Å². The van der Waals surface area contributed by atoms with Gasteiger partial charge in [-0.25, -0.2) is 4.79 Å². The number of hydrogen-bond acceptors (Lipinski definition) is 4. The van der Waals surface area contributed by atoms with Crippen molar-refractivity contribution in [2.75, 3.05) is 41.3 Å². The molecule has 0 bridgehead atoms. The smallest absolute Gasteiger partial charge is 0.315 e. The topological polar surface area (TPSA) is 56.8 Å². The maximum Gasteiger partial charge on any atom is 0.315 e. The molecule has 6 heteroatoms. The second-order valence-corrected chi connectivity index (χ2v) is 6.63. The van der Waals surface area contributed by atoms with Gasteiger partial charge in [0.05, 0.1) is 12.6 Å². The summed E-state index contributed by atoms with van der Waals surface area (Å²) in [5, 5.41) is 5.66. The van der Waals surface area contributed by atoms with Crippen molar-refractivity contribution in [2.24, 2.45) is 0 Å². The zero-order valence-corrected chi connectivity index (χ0v) is 15.6. The van der Waals surface area contributed by atoms with Crippen molar-refractivity contribution in [1.82, 2.24) is 20.4 Å². The molecule has 25 heavy (non-hydrogen) atoms. The van der Waals surface area contributed by atoms with E-state index in [-0.39, 0.29) is 6.03 Å². The van der Waals surface area contributed by atoms with Crippen molar-refractivity contribution in [2.45, 2.75) is 12.1 Å². The highest BCUT2D eigenvalue weighted by Crippen LogP contribution is 2.35. The van der Waals surface area contributed by atoms with E-state index in [9.17, 15) is 4.79 Å². The first-order chi connectivity index (χ1) is 11.8. The van der Waals surface area contributed by atoms with Gasteiger partial charge >= 0.3 is 6.03 Å². The molecule has 1 aromatic carbocycles. The molecule has 6 nitrogen and oxygen atoms in total. The monoisotopic (exact) mass is 344 g/mol. The number of carbonyl (C=O) groups excluding carboxylic acids is 1. The summed E-state index contributed by atoms with van der Waals surface area (Å²) >= 11 is 0. The SMILES string of the molecule is C=CC(CN(C)C)(CN1Cc2cc(OC)ccc2C1=C)NC(=O)NC. The molecule has 0 aromatic heterocycles. The number of benzene rings is 1. The first-order valence-corrected chi connectivity index (χ1v) is 8.23. The highest BCUT2D eigenvalue weighted by Gasteiger charge is 2.34. The number of urea groups is 1. The van der Waals surface area contributed by atoms with Crippen LogP contribution >= 0.6 is 0 Å². The largest absolute Gasteiger partial charge is 0.497 e. The van der Waals surface area contributed by atoms with E-state index in [2.05, 4.69) is 28.7 Å². The van der Waals surface area contributed by atoms with Crippen molar-refractivity contribution in [1.29, 1.82) is 0 Å². The lowest BCUT2D eigenvalue weighted by atomic mass is 9.98. The van der Waals surface area contributed by atoms with Gasteiger partial charge in [-0.3, -0.25) is 0 Å². The van der Waals surface area contributed by atoms with Gasteiger partial charge in [0, 0.05) is 37.9 Å². The standard InChI is InChI=1S/C19H28N4O2/c1-7-19(12-22(4)5,21-18(24)20-3)13-23-11-15-10-16(25-6)8-9-17(15)14(23)2/h7-10H,1-2,11-13H2,3-6H3,(H2,20,21,24). The van der Waals surface area contributed by atoms with Gasteiger partial charge in [-0.2, -0.15) is 0 Å². The highest BCUT2D eigenvalue weighted by molar-refractivity contribution is 5.75. The number of carbonyl (C=O) groups is 1. The van der Waals surface area contributed by atoms with Gasteiger partial charge in [-0.1, -0.05) is 12.7 Å². The molecule has 0 saturated heterocycles. The summed E-state index contributed by atoms with van der Waals surface area (Å²) in [6, 6.07) is 5.78. The lowest BCUT2D eigenvalue weighted by Crippen LogP contribution is -2.60. The van der Waals surface area contributed by atoms with Crippen molar-refractivity contribution < 1.29 is 9.53 Å². The van der Waals surface area contributed by atoms with Crippen LogP contribution in [0.25, 0.3) is 5.70 Å². The molecule has 136 valence electrons. The second-order valence-electron chi connectivity index (χ2n) is 6.63. The van der Waals surface area contributed by atoms with E-state index in [4.69, 9.17) is 4.74 Å². The van der Waals surface area contributed by atoms with Gasteiger partial charge in [-0.05, 0) is 37.9 Å². The van der Waals surface area contributed by atoms with Crippen LogP contribution in [0.4, 0.5) is 4.79 Å². The van der Waals surface area contributed by atoms with Crippen molar-refractivity contribution in [3.63, 3.8) is 0 Å². The van der Waals surface area contributed by atoms with Crippen molar-refractivity contribution >= 4 is 11.7 Å². The average Bonchev–Trinajstić information content (AvgIpc) is 2.88. The Morgan fingerprint density at radius 3 is 2.76 bits per heavy atom. The molecule has 1 heterocycles. The van der Waals surface area contributed by atoms with Crippen LogP contribution in [0.2, 0.25) is 0 Å². The lowest BCUT2D eigenvalue weighted by Gasteiger charge is -2.38. The highest BCUT2D eigenvalue weighted by atomic mass is 16.5. The fourth-order valence-corrected chi connectivity index (χ4v) is 3.23. The summed E-state index contributed by atoms with van der Waals surface area (Å²) in [4.78, 5) is 16.2. The van der Waals surface area contributed by atoms with E-state index in [1.807, 2.05) is 37.2 Å². The van der Waals surface area contributed by atoms with Crippen LogP contribution < -0.4 is 15.4 Å². The number of likely N-dealkylation sites (N-methyl/N-ethyl adjacent to an activating group) is 1. The first kappa shape index (κ1) is 18.9. The van der Waals surface area contributed by atoms with Crippen LogP contribution in [0.5, 0.6) is 5.75 Å². The minimum absolute atomic E-state index is 0.231. The maximum atomic E-state index is 12.0. The molecule has 2 amide bonds. The quantitative estimate of drug-likeness (QED) is 0.742. The van der Waals surface area contributed by atoms with E-state index >= 15 is 0 Å². The summed E-state index contributed by atoms with van der Waals surface area (Å²) in [6.07, 6.45) is 1.80. The summed E-state index contributed by atoms with van der Waals surface area (Å²) in [5.41, 5.74) is 2.63. The van der Waals surface area contributed by atoms with E-state index in [1.54, 1.807) is 20.2 Å². The Morgan fingerprint density at radius 1 is 1.48 bits per heavy atom. The van der Waals surface area contributed by atoms with Crippen molar-refractivity contribution in [3.05, 3.63) is 48.6 Å². The molecule has 1 atom stereocenters. The zero-order chi connectivity index (χ0) is 18.6. The van der Waals surface area contributed by atoms with Gasteiger partial charge in [0.25, 0.3) is 0 Å². The van der Waals surface area contributed by atoms with Crippen LogP contribution in [-0.4, -0.2) is 62.7 Å². The third kappa shape index (κ3) is 4.14. The molecule has 0 fully saturated rings. The van der Waals surface area contributed by atoms with E-state index < -0.39 is 5.54 Å². The molecule has 2 N–H and O–H groups in total. The first-order valence-electron chi connectivity index (χ1n) is 8.23. The number of amides is 2. The minimum Gasteiger partial charge on any atom is -0.497 e. The molecule has 0 saturated carbocycles. The van der Waals surface area contributed by atoms with Crippen LogP contribution in [0.3, 0.4) is 0 Å². The van der Waals surface area contributed by atoms with Crippen LogP contribution in [0, 0.1) is 0 Å². The number of nitrogens with zero attached hydrogens (tertiary/aromatic N) is 2. The third-order valence-corrected chi connectivity index (χ3v) is 4.42. The summed E-state index contributed by atoms with van der Waals surface area (Å²) in [6.45, 7) is 10.1. The van der Waals surface area contributed by atoms with Gasteiger partial charge in [0.1, 0.15) is 5.75 Å². The Balaban J connectivity index is 2.25. The average molecular weight is 344 g/mol. The Hall–Kier alpha value is -2.47. The maximum absolute atomic E-state index is 12.0. The predicted molar refractivity (Wildman–Crippen MR) is 102 cm³/mol. The fraction of sp³-hybridized carbons (Fsp3) is 0.421. The Kier molecular flexibility index (Phi) is 5.74. The number of nitrogens with one attached hydrogen (secondary N) is 2. The molecule has 1 aromatic rings. The Morgan fingerprint density at radius 2 is 2.20 bits per heavy atom. The van der Waals surface area contributed by atoms with Gasteiger partial charge < -0.3 is 25.2 Å². The summed E-state index contributed by atoms with van der Waals surface area (Å²) in [7, 11) is 7.22.